The molecule has 104 valence electrons. The van der Waals surface area contributed by atoms with Crippen molar-refractivity contribution >= 4 is 11.7 Å². The van der Waals surface area contributed by atoms with Crippen LogP contribution in [0.3, 0.4) is 0 Å². The highest BCUT2D eigenvalue weighted by atomic mass is 16.3. The number of nitrogens with one attached hydrogen (secondary N) is 1. The second kappa shape index (κ2) is 4.59. The predicted octanol–water partition coefficient (Wildman–Crippen LogP) is 1.90. The van der Waals surface area contributed by atoms with E-state index in [1.54, 1.807) is 41.6 Å². The van der Waals surface area contributed by atoms with Gasteiger partial charge in [-0.05, 0) is 24.3 Å². The first-order chi connectivity index (χ1) is 10.3. The van der Waals surface area contributed by atoms with E-state index in [4.69, 9.17) is 8.83 Å². The summed E-state index contributed by atoms with van der Waals surface area (Å²) in [6, 6.07) is 6.88. The van der Waals surface area contributed by atoms with Crippen molar-refractivity contribution in [2.24, 2.45) is 0 Å². The molecule has 3 aromatic rings. The first-order valence-electron chi connectivity index (χ1n) is 6.60. The molecule has 1 atom stereocenters. The largest absolute Gasteiger partial charge is 0.469 e. The Morgan fingerprint density at radius 2 is 2.05 bits per heavy atom. The molecule has 1 aliphatic rings. The minimum absolute atomic E-state index is 0.0461. The lowest BCUT2D eigenvalue weighted by Crippen LogP contribution is -2.45. The van der Waals surface area contributed by atoms with Gasteiger partial charge >= 0.3 is 11.7 Å². The number of hydrogen-bond acceptors (Lipinski definition) is 5. The van der Waals surface area contributed by atoms with Gasteiger partial charge in [-0.2, -0.15) is 4.57 Å². The summed E-state index contributed by atoms with van der Waals surface area (Å²) < 4.78 is 12.3. The smallest absolute Gasteiger partial charge is 0.360 e. The van der Waals surface area contributed by atoms with E-state index in [1.807, 2.05) is 12.1 Å². The van der Waals surface area contributed by atoms with Crippen LogP contribution < -0.4 is 9.88 Å². The first-order valence-corrected chi connectivity index (χ1v) is 6.60. The van der Waals surface area contributed by atoms with Gasteiger partial charge in [0.1, 0.15) is 12.0 Å². The standard InChI is InChI=1S/C15H11N3O3/c19-15-11(7-10-3-1-5-20-10)17-14-9-16-8-12(18(14)15)13-4-2-6-21-13/h1-6,8-9,11H,7H2/p+1. The summed E-state index contributed by atoms with van der Waals surface area (Å²) in [4.78, 5) is 16.8. The molecule has 0 spiro atoms. The number of carbonyl (C=O) groups excluding carboxylic acids is 1. The highest BCUT2D eigenvalue weighted by Crippen LogP contribution is 2.21. The molecule has 0 aliphatic carbocycles. The number of rotatable bonds is 3. The molecule has 4 rings (SSSR count). The summed E-state index contributed by atoms with van der Waals surface area (Å²) in [5, 5.41) is 3.17. The zero-order valence-electron chi connectivity index (χ0n) is 11.0. The van der Waals surface area contributed by atoms with Crippen LogP contribution in [0, 0.1) is 0 Å². The van der Waals surface area contributed by atoms with Gasteiger partial charge in [-0.3, -0.25) is 10.3 Å². The fourth-order valence-corrected chi connectivity index (χ4v) is 2.53. The van der Waals surface area contributed by atoms with Crippen LogP contribution in [0.25, 0.3) is 11.5 Å². The maximum Gasteiger partial charge on any atom is 0.360 e. The fraction of sp³-hybridized carbons (Fsp3) is 0.133. The molecule has 0 amide bonds. The molecule has 0 aromatic carbocycles. The molecule has 6 heteroatoms. The van der Waals surface area contributed by atoms with Gasteiger partial charge in [-0.1, -0.05) is 0 Å². The lowest BCUT2D eigenvalue weighted by atomic mass is 10.1. The van der Waals surface area contributed by atoms with Crippen molar-refractivity contribution in [3.63, 3.8) is 0 Å². The number of anilines is 1. The number of hydrogen-bond donors (Lipinski definition) is 1. The maximum atomic E-state index is 12.6. The van der Waals surface area contributed by atoms with Crippen molar-refractivity contribution in [2.75, 3.05) is 5.32 Å². The molecule has 1 aliphatic heterocycles. The Balaban J connectivity index is 1.71. The Bertz CT molecular complexity index is 779. The second-order valence-corrected chi connectivity index (χ2v) is 4.81. The molecular formula is C15H12N3O3+. The average molecular weight is 282 g/mol. The van der Waals surface area contributed by atoms with E-state index in [2.05, 4.69) is 10.3 Å². The van der Waals surface area contributed by atoms with E-state index in [-0.39, 0.29) is 11.9 Å². The Hall–Kier alpha value is -2.89. The third kappa shape index (κ3) is 1.92. The van der Waals surface area contributed by atoms with E-state index in [1.165, 1.54) is 0 Å². The van der Waals surface area contributed by atoms with Crippen molar-refractivity contribution < 1.29 is 18.2 Å². The van der Waals surface area contributed by atoms with Gasteiger partial charge in [-0.25, -0.2) is 4.79 Å². The van der Waals surface area contributed by atoms with Gasteiger partial charge in [0.15, 0.2) is 11.5 Å². The quantitative estimate of drug-likeness (QED) is 0.743. The highest BCUT2D eigenvalue weighted by molar-refractivity contribution is 5.83. The van der Waals surface area contributed by atoms with Crippen LogP contribution >= 0.6 is 0 Å². The van der Waals surface area contributed by atoms with Crippen LogP contribution in [0.5, 0.6) is 0 Å². The zero-order chi connectivity index (χ0) is 14.2. The Morgan fingerprint density at radius 1 is 1.19 bits per heavy atom. The molecule has 1 unspecified atom stereocenters. The zero-order valence-corrected chi connectivity index (χ0v) is 11.0. The third-order valence-corrected chi connectivity index (χ3v) is 3.48. The maximum absolute atomic E-state index is 12.6. The molecule has 0 bridgehead atoms. The van der Waals surface area contributed by atoms with Gasteiger partial charge in [0.25, 0.3) is 0 Å². The van der Waals surface area contributed by atoms with E-state index < -0.39 is 0 Å². The average Bonchev–Trinajstić information content (AvgIpc) is 3.22. The van der Waals surface area contributed by atoms with Crippen LogP contribution in [-0.2, 0) is 6.42 Å². The van der Waals surface area contributed by atoms with Crippen molar-refractivity contribution in [1.82, 2.24) is 4.98 Å². The van der Waals surface area contributed by atoms with E-state index in [9.17, 15) is 4.79 Å². The predicted molar refractivity (Wildman–Crippen MR) is 72.6 cm³/mol. The third-order valence-electron chi connectivity index (χ3n) is 3.48. The second-order valence-electron chi connectivity index (χ2n) is 4.81. The summed E-state index contributed by atoms with van der Waals surface area (Å²) in [6.45, 7) is 0. The molecule has 21 heavy (non-hydrogen) atoms. The molecular weight excluding hydrogens is 270 g/mol. The highest BCUT2D eigenvalue weighted by Gasteiger charge is 2.41. The molecule has 1 N–H and O–H groups in total. The molecule has 4 heterocycles. The molecule has 0 saturated carbocycles. The number of aromatic nitrogens is 2. The summed E-state index contributed by atoms with van der Waals surface area (Å²) in [6.07, 6.45) is 6.92. The monoisotopic (exact) mass is 282 g/mol. The summed E-state index contributed by atoms with van der Waals surface area (Å²) in [7, 11) is 0. The van der Waals surface area contributed by atoms with Gasteiger partial charge in [0.05, 0.1) is 25.1 Å². The van der Waals surface area contributed by atoms with Gasteiger partial charge in [0.2, 0.25) is 6.04 Å². The number of nitrogens with zero attached hydrogens (tertiary/aromatic N) is 2. The topological polar surface area (TPSA) is 72.2 Å². The van der Waals surface area contributed by atoms with Crippen LogP contribution in [0.2, 0.25) is 0 Å². The van der Waals surface area contributed by atoms with Crippen molar-refractivity contribution in [1.29, 1.82) is 0 Å². The number of carbonyl (C=O) groups is 1. The van der Waals surface area contributed by atoms with Crippen LogP contribution in [0.1, 0.15) is 10.6 Å². The Kier molecular flexibility index (Phi) is 2.60. The fourth-order valence-electron chi connectivity index (χ4n) is 2.53. The van der Waals surface area contributed by atoms with Crippen molar-refractivity contribution in [3.8, 4) is 11.5 Å². The Labute approximate surface area is 120 Å². The first kappa shape index (κ1) is 11.9. The normalized spacial score (nSPS) is 16.8. The summed E-state index contributed by atoms with van der Waals surface area (Å²) in [5.74, 6) is 1.99. The van der Waals surface area contributed by atoms with Crippen LogP contribution in [-0.4, -0.2) is 16.9 Å². The Morgan fingerprint density at radius 3 is 2.81 bits per heavy atom. The van der Waals surface area contributed by atoms with Gasteiger partial charge < -0.3 is 8.83 Å². The number of fused-ring (bicyclic) bond motifs is 1. The number of furan rings is 2. The molecule has 6 nitrogen and oxygen atoms in total. The van der Waals surface area contributed by atoms with E-state index >= 15 is 0 Å². The lowest BCUT2D eigenvalue weighted by molar-refractivity contribution is -0.541. The van der Waals surface area contributed by atoms with Crippen molar-refractivity contribution in [2.45, 2.75) is 12.5 Å². The molecule has 0 saturated heterocycles. The van der Waals surface area contributed by atoms with Crippen LogP contribution in [0.15, 0.2) is 58.0 Å². The minimum Gasteiger partial charge on any atom is -0.469 e. The van der Waals surface area contributed by atoms with E-state index in [0.29, 0.717) is 23.7 Å². The minimum atomic E-state index is -0.367. The molecule has 3 aromatic heterocycles. The SMILES string of the molecule is O=C1C(Cc2ccco2)Nc2cncc(-c3ccco3)[n+]21. The van der Waals surface area contributed by atoms with Gasteiger partial charge in [-0.15, -0.1) is 0 Å². The lowest BCUT2D eigenvalue weighted by Gasteiger charge is -2.00. The summed E-state index contributed by atoms with van der Waals surface area (Å²) in [5.41, 5.74) is 0.636. The van der Waals surface area contributed by atoms with Gasteiger partial charge in [0, 0.05) is 0 Å². The van der Waals surface area contributed by atoms with Crippen LogP contribution in [0.4, 0.5) is 5.82 Å². The molecule has 0 fully saturated rings. The van der Waals surface area contributed by atoms with Crippen molar-refractivity contribution in [3.05, 3.63) is 54.9 Å². The molecule has 0 radical (unpaired) electrons. The summed E-state index contributed by atoms with van der Waals surface area (Å²) >= 11 is 0. The van der Waals surface area contributed by atoms with E-state index in [0.717, 1.165) is 5.76 Å².